The van der Waals surface area contributed by atoms with Gasteiger partial charge in [-0.1, -0.05) is 43.0 Å². The fourth-order valence-corrected chi connectivity index (χ4v) is 2.23. The van der Waals surface area contributed by atoms with Crippen LogP contribution >= 0.6 is 12.6 Å². The highest BCUT2D eigenvalue weighted by Crippen LogP contribution is 2.18. The van der Waals surface area contributed by atoms with Crippen LogP contribution in [0.4, 0.5) is 0 Å². The molecular weight excluding hydrogens is 266 g/mol. The number of benzene rings is 1. The summed E-state index contributed by atoms with van der Waals surface area (Å²) < 4.78 is 0. The van der Waals surface area contributed by atoms with Crippen LogP contribution in [0.25, 0.3) is 0 Å². The third-order valence-electron chi connectivity index (χ3n) is 3.10. The maximum Gasteiger partial charge on any atom is 0.0507 e. The molecule has 1 aromatic rings. The molecule has 0 spiro atoms. The van der Waals surface area contributed by atoms with Gasteiger partial charge in [-0.05, 0) is 28.7 Å². The third kappa shape index (κ3) is 3.85. The predicted molar refractivity (Wildman–Crippen MR) is 88.9 cm³/mol. The minimum Gasteiger partial charge on any atom is -0.323 e. The van der Waals surface area contributed by atoms with Crippen LogP contribution in [0.15, 0.2) is 71.0 Å². The van der Waals surface area contributed by atoms with E-state index in [9.17, 15) is 0 Å². The van der Waals surface area contributed by atoms with Crippen LogP contribution in [0.2, 0.25) is 0 Å². The van der Waals surface area contributed by atoms with Gasteiger partial charge < -0.3 is 5.73 Å². The molecule has 1 aliphatic heterocycles. The molecule has 0 bridgehead atoms. The number of allylic oxidation sites excluding steroid dienone is 2. The van der Waals surface area contributed by atoms with E-state index in [0.717, 1.165) is 23.1 Å². The molecule has 0 aliphatic carbocycles. The Hall–Kier alpha value is -1.78. The molecule has 20 heavy (non-hydrogen) atoms. The first-order valence-corrected chi connectivity index (χ1v) is 7.13. The van der Waals surface area contributed by atoms with Gasteiger partial charge in [0.2, 0.25) is 0 Å². The monoisotopic (exact) mass is 285 g/mol. The number of hydrogen-bond donors (Lipinski definition) is 3. The van der Waals surface area contributed by atoms with Crippen molar-refractivity contribution in [3.63, 3.8) is 0 Å². The normalized spacial score (nSPS) is 23.4. The summed E-state index contributed by atoms with van der Waals surface area (Å²) in [5.41, 5.74) is 13.1. The molecule has 1 heterocycles. The lowest BCUT2D eigenvalue weighted by atomic mass is 9.97. The summed E-state index contributed by atoms with van der Waals surface area (Å²) in [5.74, 6) is 0.568. The molecule has 2 rings (SSSR count). The summed E-state index contributed by atoms with van der Waals surface area (Å²) in [7, 11) is 0. The molecule has 1 atom stereocenters. The van der Waals surface area contributed by atoms with E-state index in [1.54, 1.807) is 6.20 Å². The van der Waals surface area contributed by atoms with Gasteiger partial charge in [0.15, 0.2) is 0 Å². The Bertz CT molecular complexity index is 558. The molecule has 0 fully saturated rings. The van der Waals surface area contributed by atoms with Gasteiger partial charge in [-0.15, -0.1) is 0 Å². The molecular formula is C16H19N3S. The second-order valence-electron chi connectivity index (χ2n) is 4.68. The van der Waals surface area contributed by atoms with Crippen LogP contribution in [-0.4, -0.2) is 18.0 Å². The lowest BCUT2D eigenvalue weighted by molar-refractivity contribution is 0.854. The van der Waals surface area contributed by atoms with E-state index in [0.29, 0.717) is 5.75 Å². The van der Waals surface area contributed by atoms with Gasteiger partial charge in [-0.25, -0.2) is 0 Å². The zero-order valence-corrected chi connectivity index (χ0v) is 12.2. The molecule has 0 radical (unpaired) electrons. The summed E-state index contributed by atoms with van der Waals surface area (Å²) in [6.45, 7) is 4.10. The van der Waals surface area contributed by atoms with Crippen molar-refractivity contribution in [3.05, 3.63) is 71.5 Å². The van der Waals surface area contributed by atoms with Crippen molar-refractivity contribution in [2.45, 2.75) is 12.5 Å². The molecule has 1 aliphatic rings. The molecule has 3 nitrogen and oxygen atoms in total. The van der Waals surface area contributed by atoms with Crippen molar-refractivity contribution < 1.29 is 0 Å². The number of hydrazone groups is 1. The van der Waals surface area contributed by atoms with Crippen LogP contribution in [0.5, 0.6) is 0 Å². The fraction of sp³-hybridized carbons (Fsp3) is 0.188. The van der Waals surface area contributed by atoms with Gasteiger partial charge in [0.05, 0.1) is 6.21 Å². The summed E-state index contributed by atoms with van der Waals surface area (Å²) in [6.07, 6.45) is 6.45. The Morgan fingerprint density at radius 2 is 2.05 bits per heavy atom. The Balaban J connectivity index is 2.20. The molecule has 4 heteroatoms. The van der Waals surface area contributed by atoms with E-state index in [4.69, 9.17) is 5.73 Å². The van der Waals surface area contributed by atoms with Crippen molar-refractivity contribution in [1.29, 1.82) is 0 Å². The van der Waals surface area contributed by atoms with Gasteiger partial charge in [0.25, 0.3) is 0 Å². The molecule has 1 aromatic carbocycles. The molecule has 0 saturated heterocycles. The van der Waals surface area contributed by atoms with Gasteiger partial charge in [0.1, 0.15) is 0 Å². The van der Waals surface area contributed by atoms with Gasteiger partial charge in [-0.3, -0.25) is 5.43 Å². The van der Waals surface area contributed by atoms with Crippen LogP contribution in [0, 0.1) is 0 Å². The molecule has 0 aromatic heterocycles. The SMILES string of the molecule is C=C1/C=C(Cc2ccccc2)\C=N/N/C=C\1C(N)CS. The quantitative estimate of drug-likeness (QED) is 0.744. The number of rotatable bonds is 4. The lowest BCUT2D eigenvalue weighted by Gasteiger charge is -2.16. The highest BCUT2D eigenvalue weighted by Gasteiger charge is 2.11. The van der Waals surface area contributed by atoms with Crippen molar-refractivity contribution in [2.75, 3.05) is 5.75 Å². The van der Waals surface area contributed by atoms with Crippen molar-refractivity contribution >= 4 is 18.8 Å². The summed E-state index contributed by atoms with van der Waals surface area (Å²) in [6, 6.07) is 10.1. The molecule has 1 unspecified atom stereocenters. The predicted octanol–water partition coefficient (Wildman–Crippen LogP) is 2.44. The first kappa shape index (κ1) is 14.6. The number of hydrogen-bond acceptors (Lipinski definition) is 4. The molecule has 0 saturated carbocycles. The minimum absolute atomic E-state index is 0.152. The third-order valence-corrected chi connectivity index (χ3v) is 3.50. The smallest absolute Gasteiger partial charge is 0.0507 e. The molecule has 0 amide bonds. The van der Waals surface area contributed by atoms with Crippen LogP contribution in [0.1, 0.15) is 5.56 Å². The summed E-state index contributed by atoms with van der Waals surface area (Å²) in [4.78, 5) is 0. The highest BCUT2D eigenvalue weighted by molar-refractivity contribution is 7.80. The maximum absolute atomic E-state index is 6.03. The van der Waals surface area contributed by atoms with Gasteiger partial charge >= 0.3 is 0 Å². The second-order valence-corrected chi connectivity index (χ2v) is 5.05. The standard InChI is InChI=1S/C16H19N3S/c1-12-7-14(8-13-5-3-2-4-6-13)9-18-19-10-15(12)16(17)11-20/h2-7,9-10,16,19-20H,1,8,11,17H2/b14-7-,15-10+,18-9-. The van der Waals surface area contributed by atoms with Crippen LogP contribution in [-0.2, 0) is 6.42 Å². The van der Waals surface area contributed by atoms with Crippen molar-refractivity contribution in [1.82, 2.24) is 5.43 Å². The van der Waals surface area contributed by atoms with E-state index >= 15 is 0 Å². The molecule has 104 valence electrons. The van der Waals surface area contributed by atoms with E-state index in [-0.39, 0.29) is 6.04 Å². The Morgan fingerprint density at radius 3 is 2.75 bits per heavy atom. The zero-order valence-electron chi connectivity index (χ0n) is 11.3. The van der Waals surface area contributed by atoms with E-state index in [1.807, 2.05) is 30.5 Å². The van der Waals surface area contributed by atoms with Crippen LogP contribution < -0.4 is 11.2 Å². The Kier molecular flexibility index (Phi) is 5.21. The van der Waals surface area contributed by atoms with E-state index in [2.05, 4.69) is 41.9 Å². The van der Waals surface area contributed by atoms with Gasteiger partial charge in [0, 0.05) is 18.0 Å². The average molecular weight is 285 g/mol. The number of nitrogens with one attached hydrogen (secondary N) is 1. The lowest BCUT2D eigenvalue weighted by Crippen LogP contribution is -2.26. The first-order valence-electron chi connectivity index (χ1n) is 6.49. The first-order chi connectivity index (χ1) is 9.70. The molecule has 3 N–H and O–H groups in total. The number of nitrogens with two attached hydrogens (primary N) is 1. The van der Waals surface area contributed by atoms with Crippen LogP contribution in [0.3, 0.4) is 0 Å². The Morgan fingerprint density at radius 1 is 1.30 bits per heavy atom. The van der Waals surface area contributed by atoms with Crippen molar-refractivity contribution in [2.24, 2.45) is 10.8 Å². The summed E-state index contributed by atoms with van der Waals surface area (Å²) in [5, 5.41) is 4.17. The fourth-order valence-electron chi connectivity index (χ4n) is 2.04. The number of thiol groups is 1. The van der Waals surface area contributed by atoms with Gasteiger partial charge in [-0.2, -0.15) is 17.7 Å². The minimum atomic E-state index is -0.152. The topological polar surface area (TPSA) is 50.4 Å². The maximum atomic E-state index is 6.03. The summed E-state index contributed by atoms with van der Waals surface area (Å²) >= 11 is 4.24. The zero-order chi connectivity index (χ0) is 14.4. The Labute approximate surface area is 125 Å². The highest BCUT2D eigenvalue weighted by atomic mass is 32.1. The average Bonchev–Trinajstić information content (AvgIpc) is 2.45. The largest absolute Gasteiger partial charge is 0.323 e. The second kappa shape index (κ2) is 7.12. The van der Waals surface area contributed by atoms with E-state index in [1.165, 1.54) is 5.56 Å². The van der Waals surface area contributed by atoms with Crippen molar-refractivity contribution in [3.8, 4) is 0 Å². The number of nitrogens with zero attached hydrogens (tertiary/aromatic N) is 1. The van der Waals surface area contributed by atoms with E-state index < -0.39 is 0 Å².